The highest BCUT2D eigenvalue weighted by Gasteiger charge is 2.44. The third-order valence-corrected chi connectivity index (χ3v) is 2.94. The van der Waals surface area contributed by atoms with Crippen LogP contribution in [-0.4, -0.2) is 23.5 Å². The van der Waals surface area contributed by atoms with Crippen molar-refractivity contribution in [3.8, 4) is 0 Å². The Kier molecular flexibility index (Phi) is 4.88. The van der Waals surface area contributed by atoms with E-state index < -0.39 is 15.6 Å². The highest BCUT2D eigenvalue weighted by Crippen LogP contribution is 2.20. The Balaban J connectivity index is 0.000000203. The number of benzene rings is 1. The van der Waals surface area contributed by atoms with E-state index in [9.17, 15) is 13.2 Å². The Morgan fingerprint density at radius 3 is 2.32 bits per heavy atom. The lowest BCUT2D eigenvalue weighted by atomic mass is 10.2. The number of rotatable bonds is 0. The number of hydrogen-bond acceptors (Lipinski definition) is 3. The van der Waals surface area contributed by atoms with Crippen LogP contribution in [0.1, 0.15) is 0 Å². The Bertz CT molecular complexity index is 673. The number of fused-ring (bicyclic) bond motifs is 1. The molecular weight excluding hydrogens is 351 g/mol. The average Bonchev–Trinajstić information content (AvgIpc) is 2.27. The van der Waals surface area contributed by atoms with Crippen molar-refractivity contribution in [2.24, 2.45) is 0 Å². The largest absolute Gasteiger partial charge is 0.522 e. The average molecular weight is 358 g/mol. The maximum absolute atomic E-state index is 10.7. The predicted octanol–water partition coefficient (Wildman–Crippen LogP) is 3.39. The molecule has 0 atom stereocenters. The van der Waals surface area contributed by atoms with E-state index in [2.05, 4.69) is 27.0 Å². The summed E-state index contributed by atoms with van der Waals surface area (Å²) in [5, 5.41) is 1.18. The van der Waals surface area contributed by atoms with Gasteiger partial charge in [0.25, 0.3) is 0 Å². The van der Waals surface area contributed by atoms with Crippen LogP contribution in [0, 0.1) is 0 Å². The van der Waals surface area contributed by atoms with Gasteiger partial charge >= 0.3 is 15.6 Å². The molecule has 4 nitrogen and oxygen atoms in total. The van der Waals surface area contributed by atoms with E-state index in [4.69, 9.17) is 13.0 Å². The third-order valence-electron chi connectivity index (χ3n) is 1.86. The van der Waals surface area contributed by atoms with Crippen LogP contribution in [0.4, 0.5) is 13.2 Å². The summed E-state index contributed by atoms with van der Waals surface area (Å²) in [7, 11) is -5.84. The normalized spacial score (nSPS) is 11.8. The summed E-state index contributed by atoms with van der Waals surface area (Å²) in [6, 6.07) is 10.1. The van der Waals surface area contributed by atoms with Crippen LogP contribution in [-0.2, 0) is 10.1 Å². The van der Waals surface area contributed by atoms with Crippen molar-refractivity contribution >= 4 is 37.0 Å². The second kappa shape index (κ2) is 5.85. The third kappa shape index (κ3) is 4.77. The molecule has 9 heteroatoms. The zero-order valence-electron chi connectivity index (χ0n) is 9.10. The zero-order valence-corrected chi connectivity index (χ0v) is 11.5. The van der Waals surface area contributed by atoms with Gasteiger partial charge in [-0.3, -0.25) is 9.54 Å². The lowest BCUT2D eigenvalue weighted by Gasteiger charge is -1.97. The fourth-order valence-corrected chi connectivity index (χ4v) is 1.39. The van der Waals surface area contributed by atoms with E-state index >= 15 is 0 Å². The first-order valence-electron chi connectivity index (χ1n) is 4.65. The molecule has 0 saturated carbocycles. The molecule has 0 aliphatic rings. The number of nitrogens with zero attached hydrogens (tertiary/aromatic N) is 1. The number of halogens is 4. The molecule has 0 spiro atoms. The zero-order chi connectivity index (χ0) is 14.7. The van der Waals surface area contributed by atoms with Gasteiger partial charge in [0.2, 0.25) is 0 Å². The lowest BCUT2D eigenvalue weighted by Crippen LogP contribution is -2.21. The Morgan fingerprint density at radius 1 is 1.21 bits per heavy atom. The van der Waals surface area contributed by atoms with Crippen molar-refractivity contribution in [2.75, 3.05) is 0 Å². The van der Waals surface area contributed by atoms with Crippen molar-refractivity contribution in [3.63, 3.8) is 0 Å². The van der Waals surface area contributed by atoms with Gasteiger partial charge in [0.05, 0.1) is 5.52 Å². The summed E-state index contributed by atoms with van der Waals surface area (Å²) in [5.41, 5.74) is -4.51. The van der Waals surface area contributed by atoms with Crippen molar-refractivity contribution < 1.29 is 26.1 Å². The Hall–Kier alpha value is -1.19. The molecule has 0 aliphatic heterocycles. The van der Waals surface area contributed by atoms with Crippen molar-refractivity contribution in [1.82, 2.24) is 4.98 Å². The minimum absolute atomic E-state index is 1.03. The van der Waals surface area contributed by atoms with E-state index in [0.29, 0.717) is 0 Å². The first-order valence-corrected chi connectivity index (χ1v) is 6.88. The van der Waals surface area contributed by atoms with Crippen molar-refractivity contribution in [2.45, 2.75) is 5.51 Å². The van der Waals surface area contributed by atoms with E-state index in [1.54, 1.807) is 6.20 Å². The van der Waals surface area contributed by atoms with Gasteiger partial charge < -0.3 is 0 Å². The highest BCUT2D eigenvalue weighted by molar-refractivity contribution is 9.10. The first-order chi connectivity index (χ1) is 8.61. The van der Waals surface area contributed by atoms with E-state index in [0.717, 1.165) is 9.99 Å². The van der Waals surface area contributed by atoms with Gasteiger partial charge in [-0.25, -0.2) is 0 Å². The molecule has 0 amide bonds. The molecule has 2 aromatic rings. The molecule has 19 heavy (non-hydrogen) atoms. The summed E-state index contributed by atoms with van der Waals surface area (Å²) in [5.74, 6) is 0. The van der Waals surface area contributed by atoms with E-state index in [-0.39, 0.29) is 0 Å². The molecule has 0 bridgehead atoms. The van der Waals surface area contributed by atoms with E-state index in [1.807, 2.05) is 24.3 Å². The summed E-state index contributed by atoms with van der Waals surface area (Å²) in [6.07, 6.45) is 1.80. The number of alkyl halides is 3. The van der Waals surface area contributed by atoms with Gasteiger partial charge in [0.1, 0.15) is 0 Å². The Morgan fingerprint density at radius 2 is 1.79 bits per heavy atom. The molecule has 1 aromatic carbocycles. The summed E-state index contributed by atoms with van der Waals surface area (Å²) in [6.45, 7) is 0. The highest BCUT2D eigenvalue weighted by atomic mass is 79.9. The standard InChI is InChI=1S/C9H6BrN.CHF3O3S/c10-8-4-3-7-2-1-5-11-9(7)6-8;2-1(3,4)8(5,6)7/h1-6H;(H,5,6,7). The first kappa shape index (κ1) is 15.9. The van der Waals surface area contributed by atoms with Gasteiger partial charge in [-0.1, -0.05) is 28.1 Å². The summed E-state index contributed by atoms with van der Waals surface area (Å²) < 4.78 is 58.6. The maximum Gasteiger partial charge on any atom is 0.522 e. The van der Waals surface area contributed by atoms with Crippen LogP contribution >= 0.6 is 15.9 Å². The van der Waals surface area contributed by atoms with Gasteiger partial charge in [0.15, 0.2) is 0 Å². The summed E-state index contributed by atoms with van der Waals surface area (Å²) >= 11 is 3.39. The van der Waals surface area contributed by atoms with Crippen LogP contribution < -0.4 is 0 Å². The molecule has 1 N–H and O–H groups in total. The smallest absolute Gasteiger partial charge is 0.279 e. The van der Waals surface area contributed by atoms with Crippen LogP contribution in [0.5, 0.6) is 0 Å². The fraction of sp³-hybridized carbons (Fsp3) is 0.100. The SMILES string of the molecule is Brc1ccc2cccnc2c1.O=S(=O)(O)C(F)(F)F. The molecule has 0 aliphatic carbocycles. The van der Waals surface area contributed by atoms with Crippen molar-refractivity contribution in [1.29, 1.82) is 0 Å². The van der Waals surface area contributed by atoms with Gasteiger partial charge in [-0.15, -0.1) is 0 Å². The van der Waals surface area contributed by atoms with Gasteiger partial charge in [0, 0.05) is 16.1 Å². The molecular formula is C10H7BrF3NO3S. The summed E-state index contributed by atoms with van der Waals surface area (Å²) in [4.78, 5) is 4.21. The predicted molar refractivity (Wildman–Crippen MR) is 67.0 cm³/mol. The van der Waals surface area contributed by atoms with Gasteiger partial charge in [-0.2, -0.15) is 21.6 Å². The maximum atomic E-state index is 10.7. The molecule has 0 radical (unpaired) electrons. The minimum atomic E-state index is -5.84. The molecule has 1 heterocycles. The Labute approximate surface area is 115 Å². The van der Waals surface area contributed by atoms with Gasteiger partial charge in [-0.05, 0) is 18.2 Å². The quantitative estimate of drug-likeness (QED) is 0.579. The van der Waals surface area contributed by atoms with Crippen LogP contribution in [0.2, 0.25) is 0 Å². The molecule has 0 saturated heterocycles. The van der Waals surface area contributed by atoms with E-state index in [1.165, 1.54) is 5.39 Å². The molecule has 2 rings (SSSR count). The topological polar surface area (TPSA) is 67.3 Å². The van der Waals surface area contributed by atoms with Crippen molar-refractivity contribution in [3.05, 3.63) is 41.0 Å². The lowest BCUT2D eigenvalue weighted by molar-refractivity contribution is -0.0510. The number of pyridine rings is 1. The minimum Gasteiger partial charge on any atom is -0.279 e. The van der Waals surface area contributed by atoms with Crippen LogP contribution in [0.25, 0.3) is 10.9 Å². The molecule has 0 fully saturated rings. The second-order valence-electron chi connectivity index (χ2n) is 3.26. The number of aromatic nitrogens is 1. The van der Waals surface area contributed by atoms with Crippen LogP contribution in [0.15, 0.2) is 41.0 Å². The van der Waals surface area contributed by atoms with Crippen LogP contribution in [0.3, 0.4) is 0 Å². The number of hydrogen-bond donors (Lipinski definition) is 1. The molecule has 1 aromatic heterocycles. The monoisotopic (exact) mass is 357 g/mol. The fourth-order valence-electron chi connectivity index (χ4n) is 1.04. The second-order valence-corrected chi connectivity index (χ2v) is 5.59. The molecule has 104 valence electrons. The molecule has 0 unspecified atom stereocenters.